The van der Waals surface area contributed by atoms with Crippen molar-refractivity contribution in [3.05, 3.63) is 52.7 Å². The summed E-state index contributed by atoms with van der Waals surface area (Å²) in [6.45, 7) is 11.9. The van der Waals surface area contributed by atoms with Crippen LogP contribution in [0.15, 0.2) is 52.7 Å². The van der Waals surface area contributed by atoms with Gasteiger partial charge in [-0.3, -0.25) is 4.79 Å². The molecule has 9 aliphatic rings. The fourth-order valence-electron chi connectivity index (χ4n) is 16.8. The Bertz CT molecular complexity index is 1920. The summed E-state index contributed by atoms with van der Waals surface area (Å²) in [5.41, 5.74) is 5.24. The first-order valence-electron chi connectivity index (χ1n) is 24.4. The van der Waals surface area contributed by atoms with Gasteiger partial charge in [0.2, 0.25) is 0 Å². The molecule has 1 aliphatic heterocycles. The number of aliphatic hydroxyl groups excluding tert-OH is 3. The fraction of sp³-hybridized carbons (Fsp3) is 0.804. The number of carbonyl (C=O) groups is 1. The van der Waals surface area contributed by atoms with Crippen molar-refractivity contribution in [2.75, 3.05) is 11.5 Å². The van der Waals surface area contributed by atoms with E-state index in [1.165, 1.54) is 38.5 Å². The van der Waals surface area contributed by atoms with Gasteiger partial charge in [-0.25, -0.2) is 4.98 Å². The average molecular weight is 859 g/mol. The molecule has 7 nitrogen and oxygen atoms in total. The number of aromatic nitrogens is 2. The summed E-state index contributed by atoms with van der Waals surface area (Å²) in [5, 5.41) is 50.1. The van der Waals surface area contributed by atoms with E-state index in [2.05, 4.69) is 50.4 Å². The van der Waals surface area contributed by atoms with E-state index in [9.17, 15) is 25.2 Å². The number of aliphatic hydroxyl groups is 4. The summed E-state index contributed by atoms with van der Waals surface area (Å²) in [5.74, 6) is 3.18. The molecule has 9 heteroatoms. The lowest BCUT2D eigenvalue weighted by atomic mass is 9.43. The topological polar surface area (TPSA) is 116 Å². The molecule has 0 amide bonds. The van der Waals surface area contributed by atoms with E-state index >= 15 is 0 Å². The maximum Gasteiger partial charge on any atom is 0.159 e. The van der Waals surface area contributed by atoms with Crippen molar-refractivity contribution in [1.82, 2.24) is 9.55 Å². The first-order chi connectivity index (χ1) is 28.7. The van der Waals surface area contributed by atoms with Crippen LogP contribution in [-0.2, 0) is 4.79 Å². The number of nitrogens with zero attached hydrogens (tertiary/aromatic N) is 2. The minimum absolute atomic E-state index is 0.00960. The average Bonchev–Trinajstić information content (AvgIpc) is 3.83. The van der Waals surface area contributed by atoms with E-state index in [4.69, 9.17) is 0 Å². The maximum atomic E-state index is 14.7. The molecule has 1 aromatic rings. The molecule has 0 aromatic carbocycles. The van der Waals surface area contributed by atoms with Gasteiger partial charge in [-0.15, -0.1) is 0 Å². The minimum Gasteiger partial charge on any atom is -0.392 e. The summed E-state index contributed by atoms with van der Waals surface area (Å²) < 4.78 is 2.33. The van der Waals surface area contributed by atoms with Crippen molar-refractivity contribution in [3.8, 4) is 0 Å². The number of ketones is 1. The Kier molecular flexibility index (Phi) is 11.1. The zero-order chi connectivity index (χ0) is 41.9. The van der Waals surface area contributed by atoms with Gasteiger partial charge in [0.25, 0.3) is 0 Å². The molecule has 2 heterocycles. The van der Waals surface area contributed by atoms with Crippen LogP contribution in [0.5, 0.6) is 0 Å². The molecule has 4 N–H and O–H groups in total. The smallest absolute Gasteiger partial charge is 0.159 e. The van der Waals surface area contributed by atoms with Gasteiger partial charge in [0.15, 0.2) is 5.78 Å². The van der Waals surface area contributed by atoms with Gasteiger partial charge in [-0.2, -0.15) is 0 Å². The summed E-state index contributed by atoms with van der Waals surface area (Å²) in [7, 11) is 3.84. The Morgan fingerprint density at radius 1 is 0.917 bits per heavy atom. The van der Waals surface area contributed by atoms with Gasteiger partial charge in [-0.1, -0.05) is 97.8 Å². The number of hydrogen-bond acceptors (Lipinski definition) is 8. The Balaban J connectivity index is 1.11. The highest BCUT2D eigenvalue weighted by Gasteiger charge is 2.72. The van der Waals surface area contributed by atoms with Gasteiger partial charge in [0.1, 0.15) is 0 Å². The Labute approximate surface area is 367 Å². The number of carbonyl (C=O) groups excluding carboxylic acids is 1. The molecule has 0 spiro atoms. The van der Waals surface area contributed by atoms with Crippen LogP contribution in [0, 0.1) is 69.5 Å². The third kappa shape index (κ3) is 6.39. The molecule has 60 heavy (non-hydrogen) atoms. The number of rotatable bonds is 5. The number of fused-ring (bicyclic) bond motifs is 13. The predicted molar refractivity (Wildman–Crippen MR) is 242 cm³/mol. The van der Waals surface area contributed by atoms with Crippen LogP contribution in [0.2, 0.25) is 0 Å². The molecule has 15 unspecified atom stereocenters. The van der Waals surface area contributed by atoms with Crippen molar-refractivity contribution in [1.29, 1.82) is 0 Å². The summed E-state index contributed by atoms with van der Waals surface area (Å²) >= 11 is 0. The first kappa shape index (κ1) is 42.6. The van der Waals surface area contributed by atoms with Gasteiger partial charge in [0, 0.05) is 59.0 Å². The second-order valence-electron chi connectivity index (χ2n) is 23.0. The highest BCUT2D eigenvalue weighted by molar-refractivity contribution is 8.76. The van der Waals surface area contributed by atoms with Gasteiger partial charge < -0.3 is 25.0 Å². The van der Waals surface area contributed by atoms with Gasteiger partial charge in [0.05, 0.1) is 30.2 Å². The molecular formula is C51H74N2O5S2. The van der Waals surface area contributed by atoms with Crippen molar-refractivity contribution in [2.24, 2.45) is 69.5 Å². The molecule has 330 valence electrons. The summed E-state index contributed by atoms with van der Waals surface area (Å²) in [6, 6.07) is 0.241. The highest BCUT2D eigenvalue weighted by Crippen LogP contribution is 2.73. The van der Waals surface area contributed by atoms with Crippen molar-refractivity contribution < 1.29 is 25.2 Å². The fourth-order valence-corrected chi connectivity index (χ4v) is 19.6. The number of allylic oxidation sites excluding steroid dienone is 3. The monoisotopic (exact) mass is 859 g/mol. The number of hydrogen-bond donors (Lipinski definition) is 4. The molecule has 5 saturated carbocycles. The maximum absolute atomic E-state index is 14.7. The third-order valence-electron chi connectivity index (χ3n) is 19.3. The van der Waals surface area contributed by atoms with Gasteiger partial charge >= 0.3 is 0 Å². The van der Waals surface area contributed by atoms with Crippen molar-refractivity contribution in [3.63, 3.8) is 0 Å². The Morgan fingerprint density at radius 2 is 1.72 bits per heavy atom. The predicted octanol–water partition coefficient (Wildman–Crippen LogP) is 10.1. The molecule has 15 atom stereocenters. The molecule has 6 fully saturated rings. The summed E-state index contributed by atoms with van der Waals surface area (Å²) in [4.78, 5) is 19.2. The molecular weight excluding hydrogens is 785 g/mol. The van der Waals surface area contributed by atoms with Crippen LogP contribution in [0.25, 0.3) is 0 Å². The van der Waals surface area contributed by atoms with Crippen molar-refractivity contribution >= 4 is 27.4 Å². The quantitative estimate of drug-likeness (QED) is 0.171. The molecule has 8 aliphatic carbocycles. The van der Waals surface area contributed by atoms with Crippen molar-refractivity contribution in [2.45, 2.75) is 174 Å². The van der Waals surface area contributed by atoms with Crippen LogP contribution >= 0.6 is 21.6 Å². The summed E-state index contributed by atoms with van der Waals surface area (Å²) in [6.07, 6.45) is 22.4. The van der Waals surface area contributed by atoms with Crippen LogP contribution in [-0.4, -0.2) is 71.2 Å². The molecule has 0 radical (unpaired) electrons. The SMILES string of the molecule is CC(C)CCCC12CC(O)C(O)CC1C(=O)C=C1C2CCC2(C)C3CC(CSSCC(n4ccnc4)CC(C)(C)C4=C5CCCCC5C5=C6C(CCC5)CC3C(O)C64)C12O. The molecule has 4 bridgehead atoms. The lowest BCUT2D eigenvalue weighted by Crippen LogP contribution is -2.63. The second kappa shape index (κ2) is 15.7. The largest absolute Gasteiger partial charge is 0.392 e. The van der Waals surface area contributed by atoms with E-state index in [1.807, 2.05) is 40.2 Å². The van der Waals surface area contributed by atoms with Gasteiger partial charge in [-0.05, 0) is 142 Å². The zero-order valence-corrected chi connectivity index (χ0v) is 38.8. The molecule has 10 rings (SSSR count). The van der Waals surface area contributed by atoms with E-state index in [1.54, 1.807) is 22.3 Å². The minimum atomic E-state index is -1.19. The zero-order valence-electron chi connectivity index (χ0n) is 37.2. The first-order valence-corrected chi connectivity index (χ1v) is 26.9. The standard InChI is InChI=1S/C51H74N2O5S2/c1-29(2)10-9-16-50-25-43(56)42(55)23-40(50)41(54)22-39-37(50)15-17-49(5)38-21-31(51(39,49)58)26-59-60-27-32(53-19-18-52-28-53)24-48(3,4)46-35-13-7-6-12-33(35)34-14-8-11-30-20-36(38)47(57)45(46)44(30)34/h18-19,22,28-33,36-38,40,42-43,45,47,55-58H,6-17,20-21,23-27H2,1-5H3. The van der Waals surface area contributed by atoms with Crippen LogP contribution in [0.4, 0.5) is 0 Å². The molecule has 1 aromatic heterocycles. The second-order valence-corrected chi connectivity index (χ2v) is 25.5. The lowest BCUT2D eigenvalue weighted by Gasteiger charge is -2.62. The van der Waals surface area contributed by atoms with E-state index in [0.29, 0.717) is 30.6 Å². The Morgan fingerprint density at radius 3 is 2.50 bits per heavy atom. The van der Waals surface area contributed by atoms with E-state index < -0.39 is 34.7 Å². The van der Waals surface area contributed by atoms with Crippen LogP contribution < -0.4 is 0 Å². The van der Waals surface area contributed by atoms with Crippen LogP contribution in [0.3, 0.4) is 0 Å². The normalized spacial score (nSPS) is 46.2. The van der Waals surface area contributed by atoms with E-state index in [0.717, 1.165) is 74.9 Å². The van der Waals surface area contributed by atoms with Crippen LogP contribution in [0.1, 0.15) is 150 Å². The third-order valence-corrected chi connectivity index (χ3v) is 21.8. The molecule has 1 saturated heterocycles. The van der Waals surface area contributed by atoms with E-state index in [-0.39, 0.29) is 52.7 Å². The number of imidazole rings is 1. The Hall–Kier alpha value is -1.36. The highest BCUT2D eigenvalue weighted by atomic mass is 33.1. The lowest BCUT2D eigenvalue weighted by molar-refractivity contribution is -0.165.